The van der Waals surface area contributed by atoms with E-state index in [0.717, 1.165) is 0 Å². The van der Waals surface area contributed by atoms with Crippen LogP contribution < -0.4 is 5.73 Å². The largest absolute Gasteiger partial charge is 0.369 e. The first-order valence-electron chi connectivity index (χ1n) is 4.49. The molecule has 3 nitrogen and oxygen atoms in total. The molecule has 76 valence electrons. The van der Waals surface area contributed by atoms with E-state index in [9.17, 15) is 9.18 Å². The maximum atomic E-state index is 13.4. The summed E-state index contributed by atoms with van der Waals surface area (Å²) in [5, 5.41) is 1.10. The Hall–Kier alpha value is -1.97. The highest BCUT2D eigenvalue weighted by Gasteiger charge is 2.07. The molecular weight excluding hydrogens is 195 g/mol. The topological polar surface area (TPSA) is 56.0 Å². The number of nitrogens with zero attached hydrogens (tertiary/aromatic N) is 1. The Morgan fingerprint density at radius 1 is 1.33 bits per heavy atom. The number of hydrogen-bond acceptors (Lipinski definition) is 2. The molecule has 1 aromatic heterocycles. The molecule has 2 N–H and O–H groups in total. The standard InChI is InChI=1S/C11H9FN2O/c12-9-3-1-2-8-7(9)4-5-14-10(8)6-11(13)15/h1-5H,6H2,(H2,13,15). The number of amides is 1. The minimum Gasteiger partial charge on any atom is -0.369 e. The number of fused-ring (bicyclic) bond motifs is 1. The quantitative estimate of drug-likeness (QED) is 0.803. The predicted octanol–water partition coefficient (Wildman–Crippen LogP) is 1.40. The molecule has 0 fully saturated rings. The van der Waals surface area contributed by atoms with Crippen molar-refractivity contribution >= 4 is 16.7 Å². The lowest BCUT2D eigenvalue weighted by molar-refractivity contribution is -0.117. The first-order chi connectivity index (χ1) is 7.18. The molecule has 1 heterocycles. The number of aromatic nitrogens is 1. The third kappa shape index (κ3) is 1.79. The van der Waals surface area contributed by atoms with E-state index in [-0.39, 0.29) is 12.2 Å². The van der Waals surface area contributed by atoms with Crippen LogP contribution in [0.15, 0.2) is 30.5 Å². The Kier molecular flexibility index (Phi) is 2.33. The minimum atomic E-state index is -0.473. The van der Waals surface area contributed by atoms with Gasteiger partial charge in [-0.05, 0) is 12.1 Å². The lowest BCUT2D eigenvalue weighted by atomic mass is 10.1. The highest BCUT2D eigenvalue weighted by molar-refractivity contribution is 5.88. The number of pyridine rings is 1. The number of rotatable bonds is 2. The van der Waals surface area contributed by atoms with Crippen molar-refractivity contribution in [3.8, 4) is 0 Å². The van der Waals surface area contributed by atoms with Crippen LogP contribution in [0.25, 0.3) is 10.8 Å². The smallest absolute Gasteiger partial charge is 0.223 e. The molecular formula is C11H9FN2O. The van der Waals surface area contributed by atoms with E-state index in [2.05, 4.69) is 4.98 Å². The van der Waals surface area contributed by atoms with E-state index in [0.29, 0.717) is 16.5 Å². The molecule has 0 atom stereocenters. The molecule has 0 saturated heterocycles. The Morgan fingerprint density at radius 2 is 2.13 bits per heavy atom. The van der Waals surface area contributed by atoms with Crippen molar-refractivity contribution in [2.45, 2.75) is 6.42 Å². The summed E-state index contributed by atoms with van der Waals surface area (Å²) in [7, 11) is 0. The van der Waals surface area contributed by atoms with E-state index in [1.54, 1.807) is 18.2 Å². The Labute approximate surface area is 85.7 Å². The fourth-order valence-corrected chi connectivity index (χ4v) is 1.54. The Morgan fingerprint density at radius 3 is 2.87 bits per heavy atom. The summed E-state index contributed by atoms with van der Waals surface area (Å²) in [6.45, 7) is 0. The van der Waals surface area contributed by atoms with Crippen LogP contribution in [0, 0.1) is 5.82 Å². The Bertz CT molecular complexity index is 525. The second kappa shape index (κ2) is 3.65. The first-order valence-corrected chi connectivity index (χ1v) is 4.49. The van der Waals surface area contributed by atoms with Gasteiger partial charge in [0.2, 0.25) is 5.91 Å². The molecule has 0 saturated carbocycles. The molecule has 0 aliphatic carbocycles. The SMILES string of the molecule is NC(=O)Cc1nccc2c(F)cccc12. The summed E-state index contributed by atoms with van der Waals surface area (Å²) in [4.78, 5) is 14.8. The molecule has 1 aromatic carbocycles. The third-order valence-electron chi connectivity index (χ3n) is 2.18. The van der Waals surface area contributed by atoms with E-state index in [1.165, 1.54) is 12.3 Å². The molecule has 0 unspecified atom stereocenters. The van der Waals surface area contributed by atoms with Gasteiger partial charge in [-0.3, -0.25) is 9.78 Å². The lowest BCUT2D eigenvalue weighted by Crippen LogP contribution is -2.14. The number of carbonyl (C=O) groups excluding carboxylic acids is 1. The molecule has 0 radical (unpaired) electrons. The van der Waals surface area contributed by atoms with Crippen LogP contribution in [-0.2, 0) is 11.2 Å². The van der Waals surface area contributed by atoms with Gasteiger partial charge >= 0.3 is 0 Å². The van der Waals surface area contributed by atoms with Gasteiger partial charge in [-0.1, -0.05) is 12.1 Å². The number of nitrogens with two attached hydrogens (primary N) is 1. The number of hydrogen-bond donors (Lipinski definition) is 1. The van der Waals surface area contributed by atoms with Gasteiger partial charge in [0.05, 0.1) is 12.1 Å². The normalized spacial score (nSPS) is 10.5. The van der Waals surface area contributed by atoms with Crippen molar-refractivity contribution in [2.24, 2.45) is 5.73 Å². The molecule has 2 rings (SSSR count). The molecule has 1 amide bonds. The van der Waals surface area contributed by atoms with Crippen LogP contribution in [0.3, 0.4) is 0 Å². The van der Waals surface area contributed by atoms with Crippen molar-refractivity contribution in [1.82, 2.24) is 4.98 Å². The van der Waals surface area contributed by atoms with Gasteiger partial charge in [0.15, 0.2) is 0 Å². The molecule has 0 bridgehead atoms. The van der Waals surface area contributed by atoms with Gasteiger partial charge in [0.1, 0.15) is 5.82 Å². The van der Waals surface area contributed by atoms with E-state index >= 15 is 0 Å². The van der Waals surface area contributed by atoms with Crippen LogP contribution in [0.1, 0.15) is 5.69 Å². The molecule has 15 heavy (non-hydrogen) atoms. The first kappa shape index (κ1) is 9.58. The van der Waals surface area contributed by atoms with Crippen molar-refractivity contribution < 1.29 is 9.18 Å². The minimum absolute atomic E-state index is 0.0286. The summed E-state index contributed by atoms with van der Waals surface area (Å²) in [6, 6.07) is 6.26. The highest BCUT2D eigenvalue weighted by atomic mass is 19.1. The Balaban J connectivity index is 2.65. The summed E-state index contributed by atoms with van der Waals surface area (Å²) in [5.41, 5.74) is 5.59. The molecule has 4 heteroatoms. The van der Waals surface area contributed by atoms with Gasteiger partial charge in [-0.15, -0.1) is 0 Å². The number of carbonyl (C=O) groups is 1. The van der Waals surface area contributed by atoms with Gasteiger partial charge in [0, 0.05) is 17.0 Å². The maximum Gasteiger partial charge on any atom is 0.223 e. The van der Waals surface area contributed by atoms with Crippen molar-refractivity contribution in [1.29, 1.82) is 0 Å². The van der Waals surface area contributed by atoms with Crippen LogP contribution >= 0.6 is 0 Å². The predicted molar refractivity (Wildman–Crippen MR) is 54.6 cm³/mol. The van der Waals surface area contributed by atoms with Crippen LogP contribution in [-0.4, -0.2) is 10.9 Å². The van der Waals surface area contributed by atoms with Crippen LogP contribution in [0.4, 0.5) is 4.39 Å². The molecule has 2 aromatic rings. The summed E-state index contributed by atoms with van der Waals surface area (Å²) in [6.07, 6.45) is 1.50. The zero-order chi connectivity index (χ0) is 10.8. The number of benzene rings is 1. The van der Waals surface area contributed by atoms with Crippen molar-refractivity contribution in [3.05, 3.63) is 42.0 Å². The van der Waals surface area contributed by atoms with Gasteiger partial charge < -0.3 is 5.73 Å². The summed E-state index contributed by atoms with van der Waals surface area (Å²) < 4.78 is 13.4. The maximum absolute atomic E-state index is 13.4. The zero-order valence-corrected chi connectivity index (χ0v) is 7.90. The second-order valence-corrected chi connectivity index (χ2v) is 3.24. The van der Waals surface area contributed by atoms with Gasteiger partial charge in [-0.25, -0.2) is 4.39 Å². The van der Waals surface area contributed by atoms with Crippen LogP contribution in [0.2, 0.25) is 0 Å². The van der Waals surface area contributed by atoms with Gasteiger partial charge in [-0.2, -0.15) is 0 Å². The van der Waals surface area contributed by atoms with E-state index in [4.69, 9.17) is 5.73 Å². The zero-order valence-electron chi connectivity index (χ0n) is 7.90. The van der Waals surface area contributed by atoms with E-state index < -0.39 is 5.91 Å². The lowest BCUT2D eigenvalue weighted by Gasteiger charge is -2.03. The average Bonchev–Trinajstić information content (AvgIpc) is 2.19. The van der Waals surface area contributed by atoms with Crippen molar-refractivity contribution in [2.75, 3.05) is 0 Å². The fraction of sp³-hybridized carbons (Fsp3) is 0.0909. The fourth-order valence-electron chi connectivity index (χ4n) is 1.54. The third-order valence-corrected chi connectivity index (χ3v) is 2.18. The highest BCUT2D eigenvalue weighted by Crippen LogP contribution is 2.19. The molecule has 0 aliphatic rings. The van der Waals surface area contributed by atoms with Gasteiger partial charge in [0.25, 0.3) is 0 Å². The average molecular weight is 204 g/mol. The van der Waals surface area contributed by atoms with Crippen LogP contribution in [0.5, 0.6) is 0 Å². The second-order valence-electron chi connectivity index (χ2n) is 3.24. The number of halogens is 1. The summed E-state index contributed by atoms with van der Waals surface area (Å²) in [5.74, 6) is -0.792. The number of primary amides is 1. The van der Waals surface area contributed by atoms with Crippen molar-refractivity contribution in [3.63, 3.8) is 0 Å². The summed E-state index contributed by atoms with van der Waals surface area (Å²) >= 11 is 0. The van der Waals surface area contributed by atoms with E-state index in [1.807, 2.05) is 0 Å². The molecule has 0 spiro atoms. The monoisotopic (exact) mass is 204 g/mol. The molecule has 0 aliphatic heterocycles.